The molecule has 1 aromatic carbocycles. The highest BCUT2D eigenvalue weighted by Gasteiger charge is 2.22. The van der Waals surface area contributed by atoms with Crippen LogP contribution in [0, 0.1) is 15.9 Å². The molecule has 1 aromatic heterocycles. The maximum absolute atomic E-state index is 13.9. The lowest BCUT2D eigenvalue weighted by molar-refractivity contribution is -0.384. The fourth-order valence-electron chi connectivity index (χ4n) is 1.69. The maximum atomic E-state index is 13.9. The summed E-state index contributed by atoms with van der Waals surface area (Å²) in [5.41, 5.74) is -0.891. The van der Waals surface area contributed by atoms with Crippen molar-refractivity contribution in [3.05, 3.63) is 50.9 Å². The van der Waals surface area contributed by atoms with Gasteiger partial charge in [0.1, 0.15) is 5.82 Å². The van der Waals surface area contributed by atoms with Gasteiger partial charge in [-0.25, -0.2) is 17.8 Å². The number of pyridine rings is 1. The lowest BCUT2D eigenvalue weighted by Crippen LogP contribution is -2.01. The Labute approximate surface area is 127 Å². The van der Waals surface area contributed by atoms with E-state index in [1.807, 2.05) is 0 Å². The van der Waals surface area contributed by atoms with E-state index in [2.05, 4.69) is 20.9 Å². The molecule has 0 saturated heterocycles. The Balaban J connectivity index is 2.76. The molecular weight excluding hydrogens is 367 g/mol. The van der Waals surface area contributed by atoms with Crippen LogP contribution in [0.1, 0.15) is 0 Å². The minimum Gasteiger partial charge on any atom is -0.258 e. The van der Waals surface area contributed by atoms with Gasteiger partial charge in [0.15, 0.2) is 15.5 Å². The predicted molar refractivity (Wildman–Crippen MR) is 77.1 cm³/mol. The van der Waals surface area contributed by atoms with Crippen LogP contribution in [-0.4, -0.2) is 24.6 Å². The average molecular weight is 375 g/mol. The molecular formula is C12H8BrFN2O4S. The monoisotopic (exact) mass is 374 g/mol. The summed E-state index contributed by atoms with van der Waals surface area (Å²) in [6.45, 7) is 0. The first-order chi connectivity index (χ1) is 9.70. The number of hydrogen-bond donors (Lipinski definition) is 0. The molecule has 0 bridgehead atoms. The summed E-state index contributed by atoms with van der Waals surface area (Å²) in [4.78, 5) is 14.0. The quantitative estimate of drug-likeness (QED) is 0.467. The van der Waals surface area contributed by atoms with Crippen LogP contribution in [0.4, 0.5) is 10.1 Å². The molecule has 0 fully saturated rings. The highest BCUT2D eigenvalue weighted by Crippen LogP contribution is 2.32. The van der Waals surface area contributed by atoms with E-state index in [1.165, 1.54) is 12.3 Å². The van der Waals surface area contributed by atoms with Gasteiger partial charge in [0.2, 0.25) is 0 Å². The van der Waals surface area contributed by atoms with Crippen molar-refractivity contribution in [2.75, 3.05) is 6.26 Å². The highest BCUT2D eigenvalue weighted by molar-refractivity contribution is 9.10. The van der Waals surface area contributed by atoms with E-state index in [0.29, 0.717) is 4.47 Å². The van der Waals surface area contributed by atoms with E-state index >= 15 is 0 Å². The molecule has 0 unspecified atom stereocenters. The van der Waals surface area contributed by atoms with Crippen LogP contribution in [-0.2, 0) is 9.84 Å². The third-order valence-corrected chi connectivity index (χ3v) is 4.20. The molecule has 0 aliphatic carbocycles. The summed E-state index contributed by atoms with van der Waals surface area (Å²) in [7, 11) is -3.56. The standard InChI is InChI=1S/C12H8BrFN2O4S/c1-21(19,20)8-2-3-10(14)9(5-8)12-11(16(17)18)4-7(13)6-15-12/h2-6H,1H3. The molecule has 1 heterocycles. The molecule has 0 spiro atoms. The van der Waals surface area contributed by atoms with Crippen LogP contribution in [0.5, 0.6) is 0 Å². The lowest BCUT2D eigenvalue weighted by Gasteiger charge is -2.06. The van der Waals surface area contributed by atoms with Crippen molar-refractivity contribution in [2.45, 2.75) is 4.90 Å². The normalized spacial score (nSPS) is 11.4. The SMILES string of the molecule is CS(=O)(=O)c1ccc(F)c(-c2ncc(Br)cc2[N+](=O)[O-])c1. The Morgan fingerprint density at radius 2 is 2.00 bits per heavy atom. The van der Waals surface area contributed by atoms with Crippen molar-refractivity contribution >= 4 is 31.5 Å². The molecule has 21 heavy (non-hydrogen) atoms. The zero-order valence-electron chi connectivity index (χ0n) is 10.6. The summed E-state index contributed by atoms with van der Waals surface area (Å²) in [5, 5.41) is 11.0. The molecule has 2 rings (SSSR count). The van der Waals surface area contributed by atoms with E-state index < -0.39 is 26.3 Å². The molecule has 110 valence electrons. The molecule has 0 radical (unpaired) electrons. The van der Waals surface area contributed by atoms with E-state index in [1.54, 1.807) is 0 Å². The second kappa shape index (κ2) is 5.49. The largest absolute Gasteiger partial charge is 0.296 e. The first-order valence-corrected chi connectivity index (χ1v) is 8.18. The molecule has 0 aliphatic rings. The van der Waals surface area contributed by atoms with Gasteiger partial charge in [-0.3, -0.25) is 10.1 Å². The van der Waals surface area contributed by atoms with Gasteiger partial charge in [-0.2, -0.15) is 0 Å². The number of benzene rings is 1. The molecule has 0 aliphatic heterocycles. The molecule has 0 N–H and O–H groups in total. The number of rotatable bonds is 3. The third kappa shape index (κ3) is 3.24. The van der Waals surface area contributed by atoms with E-state index in [4.69, 9.17) is 0 Å². The first-order valence-electron chi connectivity index (χ1n) is 5.50. The van der Waals surface area contributed by atoms with E-state index in [9.17, 15) is 22.9 Å². The van der Waals surface area contributed by atoms with Crippen LogP contribution in [0.3, 0.4) is 0 Å². The maximum Gasteiger partial charge on any atom is 0.296 e. The summed E-state index contributed by atoms with van der Waals surface area (Å²) >= 11 is 3.05. The Morgan fingerprint density at radius 1 is 1.33 bits per heavy atom. The van der Waals surface area contributed by atoms with Crippen LogP contribution in [0.2, 0.25) is 0 Å². The van der Waals surface area contributed by atoms with Crippen molar-refractivity contribution < 1.29 is 17.7 Å². The second-order valence-electron chi connectivity index (χ2n) is 4.19. The lowest BCUT2D eigenvalue weighted by atomic mass is 10.1. The fourth-order valence-corrected chi connectivity index (χ4v) is 2.66. The van der Waals surface area contributed by atoms with Crippen molar-refractivity contribution in [1.82, 2.24) is 4.98 Å². The van der Waals surface area contributed by atoms with Crippen molar-refractivity contribution in [2.24, 2.45) is 0 Å². The Morgan fingerprint density at radius 3 is 2.57 bits per heavy atom. The third-order valence-electron chi connectivity index (χ3n) is 2.65. The Kier molecular flexibility index (Phi) is 4.06. The molecule has 2 aromatic rings. The summed E-state index contributed by atoms with van der Waals surface area (Å²) < 4.78 is 37.3. The summed E-state index contributed by atoms with van der Waals surface area (Å²) in [6.07, 6.45) is 2.24. The zero-order valence-corrected chi connectivity index (χ0v) is 13.0. The van der Waals surface area contributed by atoms with Crippen LogP contribution >= 0.6 is 15.9 Å². The Hall–Kier alpha value is -1.87. The fraction of sp³-hybridized carbons (Fsp3) is 0.0833. The minimum atomic E-state index is -3.56. The molecule has 0 atom stereocenters. The van der Waals surface area contributed by atoms with Crippen LogP contribution in [0.25, 0.3) is 11.3 Å². The number of nitro groups is 1. The predicted octanol–water partition coefficient (Wildman–Crippen LogP) is 2.96. The van der Waals surface area contributed by atoms with Crippen molar-refractivity contribution in [3.8, 4) is 11.3 Å². The van der Waals surface area contributed by atoms with Gasteiger partial charge < -0.3 is 0 Å². The summed E-state index contributed by atoms with van der Waals surface area (Å²) in [5.74, 6) is -0.791. The number of sulfone groups is 1. The van der Waals surface area contributed by atoms with Gasteiger partial charge in [-0.1, -0.05) is 0 Å². The van der Waals surface area contributed by atoms with Gasteiger partial charge in [0, 0.05) is 28.6 Å². The second-order valence-corrected chi connectivity index (χ2v) is 7.12. The van der Waals surface area contributed by atoms with Gasteiger partial charge >= 0.3 is 0 Å². The van der Waals surface area contributed by atoms with E-state index in [0.717, 1.165) is 24.5 Å². The van der Waals surface area contributed by atoms with Gasteiger partial charge in [0.05, 0.1) is 9.82 Å². The molecule has 0 amide bonds. The smallest absolute Gasteiger partial charge is 0.258 e. The number of halogens is 2. The van der Waals surface area contributed by atoms with Gasteiger partial charge in [0.25, 0.3) is 5.69 Å². The number of aromatic nitrogens is 1. The minimum absolute atomic E-state index is 0.141. The molecule has 0 saturated carbocycles. The van der Waals surface area contributed by atoms with Gasteiger partial charge in [-0.05, 0) is 34.1 Å². The zero-order chi connectivity index (χ0) is 15.8. The first kappa shape index (κ1) is 15.5. The van der Waals surface area contributed by atoms with Crippen molar-refractivity contribution in [3.63, 3.8) is 0 Å². The number of hydrogen-bond acceptors (Lipinski definition) is 5. The summed E-state index contributed by atoms with van der Waals surface area (Å²) in [6, 6.07) is 4.25. The average Bonchev–Trinajstić information content (AvgIpc) is 2.38. The van der Waals surface area contributed by atoms with Crippen molar-refractivity contribution in [1.29, 1.82) is 0 Å². The Bertz CT molecular complexity index is 839. The van der Waals surface area contributed by atoms with Gasteiger partial charge in [-0.15, -0.1) is 0 Å². The topological polar surface area (TPSA) is 90.2 Å². The molecule has 6 nitrogen and oxygen atoms in total. The number of nitrogens with zero attached hydrogens (tertiary/aromatic N) is 2. The van der Waals surface area contributed by atoms with Crippen LogP contribution in [0.15, 0.2) is 39.8 Å². The van der Waals surface area contributed by atoms with Crippen LogP contribution < -0.4 is 0 Å². The molecule has 9 heteroatoms. The highest BCUT2D eigenvalue weighted by atomic mass is 79.9. The van der Waals surface area contributed by atoms with E-state index in [-0.39, 0.29) is 16.2 Å².